The Balaban J connectivity index is 3.00. The molecule has 6 nitrogen and oxygen atoms in total. The van der Waals surface area contributed by atoms with Crippen LogP contribution in [0.25, 0.3) is 0 Å². The van der Waals surface area contributed by atoms with E-state index < -0.39 is 11.8 Å². The molecule has 104 valence electrons. The molecule has 1 rings (SSSR count). The zero-order chi connectivity index (χ0) is 14.4. The second-order valence-corrected chi connectivity index (χ2v) is 4.58. The Kier molecular flexibility index (Phi) is 5.75. The maximum atomic E-state index is 11.1. The van der Waals surface area contributed by atoms with Crippen molar-refractivity contribution < 1.29 is 9.59 Å². The number of rotatable bonds is 7. The summed E-state index contributed by atoms with van der Waals surface area (Å²) in [5, 5.41) is 0.550. The number of amides is 2. The Morgan fingerprint density at radius 1 is 1.21 bits per heavy atom. The minimum absolute atomic E-state index is 0.0999. The molecule has 1 atom stereocenters. The van der Waals surface area contributed by atoms with Crippen molar-refractivity contribution in [2.24, 2.45) is 17.2 Å². The van der Waals surface area contributed by atoms with Gasteiger partial charge in [0.1, 0.15) is 0 Å². The van der Waals surface area contributed by atoms with Gasteiger partial charge in [0, 0.05) is 17.6 Å². The van der Waals surface area contributed by atoms with Gasteiger partial charge in [-0.25, -0.2) is 0 Å². The van der Waals surface area contributed by atoms with Crippen LogP contribution in [0.15, 0.2) is 24.3 Å². The van der Waals surface area contributed by atoms with Crippen molar-refractivity contribution in [3.8, 4) is 0 Å². The monoisotopic (exact) mass is 284 g/mol. The van der Waals surface area contributed by atoms with Crippen molar-refractivity contribution >= 4 is 23.4 Å². The molecule has 0 heterocycles. The molecule has 0 spiro atoms. The van der Waals surface area contributed by atoms with E-state index in [2.05, 4.69) is 0 Å². The van der Waals surface area contributed by atoms with Crippen molar-refractivity contribution in [1.29, 1.82) is 0 Å². The molecule has 0 saturated carbocycles. The molecule has 0 aromatic heterocycles. The molecule has 0 radical (unpaired) electrons. The average Bonchev–Trinajstić information content (AvgIpc) is 2.28. The van der Waals surface area contributed by atoms with Crippen molar-refractivity contribution in [1.82, 2.24) is 4.90 Å². The molecule has 0 aliphatic rings. The number of hydrogen-bond acceptors (Lipinski definition) is 4. The van der Waals surface area contributed by atoms with E-state index in [1.807, 2.05) is 6.07 Å². The summed E-state index contributed by atoms with van der Waals surface area (Å²) in [6, 6.07) is 6.70. The summed E-state index contributed by atoms with van der Waals surface area (Å²) >= 11 is 5.92. The first kappa shape index (κ1) is 15.4. The van der Waals surface area contributed by atoms with Crippen LogP contribution in [0.2, 0.25) is 5.02 Å². The molecule has 1 aromatic carbocycles. The summed E-state index contributed by atoms with van der Waals surface area (Å²) in [6.07, 6.45) is 0. The molecule has 1 unspecified atom stereocenters. The lowest BCUT2D eigenvalue weighted by atomic mass is 10.1. The second-order valence-electron chi connectivity index (χ2n) is 4.14. The van der Waals surface area contributed by atoms with Crippen LogP contribution in [0.5, 0.6) is 0 Å². The number of carbonyl (C=O) groups is 2. The standard InChI is InChI=1S/C12H17ClN4O2/c13-9-3-1-2-8(4-9)10(5-14)17(6-11(15)18)7-12(16)19/h1-4,10H,5-7,14H2,(H2,15,18)(H2,16,19). The molecular weight excluding hydrogens is 268 g/mol. The average molecular weight is 285 g/mol. The van der Waals surface area contributed by atoms with E-state index in [0.29, 0.717) is 5.02 Å². The summed E-state index contributed by atoms with van der Waals surface area (Å²) in [5.74, 6) is -1.11. The van der Waals surface area contributed by atoms with Gasteiger partial charge in [-0.2, -0.15) is 0 Å². The summed E-state index contributed by atoms with van der Waals surface area (Å²) in [6.45, 7) is 0.00947. The first-order valence-electron chi connectivity index (χ1n) is 5.70. The Bertz CT molecular complexity index is 451. The van der Waals surface area contributed by atoms with Crippen molar-refractivity contribution in [2.45, 2.75) is 6.04 Å². The summed E-state index contributed by atoms with van der Waals surface area (Å²) in [4.78, 5) is 23.7. The SMILES string of the molecule is NCC(c1cccc(Cl)c1)N(CC(N)=O)CC(N)=O. The number of nitrogens with two attached hydrogens (primary N) is 3. The van der Waals surface area contributed by atoms with Crippen LogP contribution in [-0.2, 0) is 9.59 Å². The molecule has 19 heavy (non-hydrogen) atoms. The van der Waals surface area contributed by atoms with Crippen LogP contribution >= 0.6 is 11.6 Å². The van der Waals surface area contributed by atoms with Gasteiger partial charge >= 0.3 is 0 Å². The Morgan fingerprint density at radius 2 is 1.79 bits per heavy atom. The van der Waals surface area contributed by atoms with E-state index in [4.69, 9.17) is 28.8 Å². The maximum Gasteiger partial charge on any atom is 0.231 e. The number of hydrogen-bond donors (Lipinski definition) is 3. The summed E-state index contributed by atoms with van der Waals surface area (Å²) < 4.78 is 0. The number of carbonyl (C=O) groups excluding carboxylic acids is 2. The Hall–Kier alpha value is -1.63. The van der Waals surface area contributed by atoms with Crippen LogP contribution in [-0.4, -0.2) is 36.3 Å². The van der Waals surface area contributed by atoms with Crippen molar-refractivity contribution in [2.75, 3.05) is 19.6 Å². The highest BCUT2D eigenvalue weighted by molar-refractivity contribution is 6.30. The van der Waals surface area contributed by atoms with Crippen molar-refractivity contribution in [3.63, 3.8) is 0 Å². The lowest BCUT2D eigenvalue weighted by Crippen LogP contribution is -2.44. The molecule has 0 fully saturated rings. The molecule has 6 N–H and O–H groups in total. The maximum absolute atomic E-state index is 11.1. The normalized spacial score (nSPS) is 12.4. The third-order valence-corrected chi connectivity index (χ3v) is 2.85. The number of primary amides is 2. The predicted molar refractivity (Wildman–Crippen MR) is 73.2 cm³/mol. The van der Waals surface area contributed by atoms with E-state index in [1.54, 1.807) is 18.2 Å². The van der Waals surface area contributed by atoms with Gasteiger partial charge in [-0.05, 0) is 17.7 Å². The zero-order valence-electron chi connectivity index (χ0n) is 10.4. The fourth-order valence-corrected chi connectivity index (χ4v) is 2.09. The molecule has 0 aliphatic heterocycles. The number of benzene rings is 1. The van der Waals surface area contributed by atoms with Gasteiger partial charge < -0.3 is 17.2 Å². The molecule has 0 aliphatic carbocycles. The highest BCUT2D eigenvalue weighted by Crippen LogP contribution is 2.22. The van der Waals surface area contributed by atoms with E-state index in [-0.39, 0.29) is 25.7 Å². The van der Waals surface area contributed by atoms with E-state index in [9.17, 15) is 9.59 Å². The Labute approximate surface area is 116 Å². The van der Waals surface area contributed by atoms with Crippen molar-refractivity contribution in [3.05, 3.63) is 34.9 Å². The predicted octanol–water partition coefficient (Wildman–Crippen LogP) is -0.388. The first-order chi connectivity index (χ1) is 8.93. The largest absolute Gasteiger partial charge is 0.369 e. The van der Waals surface area contributed by atoms with Gasteiger partial charge in [-0.1, -0.05) is 23.7 Å². The smallest absolute Gasteiger partial charge is 0.231 e. The summed E-state index contributed by atoms with van der Waals surface area (Å²) in [7, 11) is 0. The van der Waals surface area contributed by atoms with E-state index in [1.165, 1.54) is 4.90 Å². The molecule has 0 bridgehead atoms. The topological polar surface area (TPSA) is 115 Å². The molecular formula is C12H17ClN4O2. The summed E-state index contributed by atoms with van der Waals surface area (Å²) in [5.41, 5.74) is 16.9. The number of nitrogens with zero attached hydrogens (tertiary/aromatic N) is 1. The quantitative estimate of drug-likeness (QED) is 0.632. The fraction of sp³-hybridized carbons (Fsp3) is 0.333. The van der Waals surface area contributed by atoms with E-state index in [0.717, 1.165) is 5.56 Å². The van der Waals surface area contributed by atoms with Crippen LogP contribution in [0.3, 0.4) is 0 Å². The van der Waals surface area contributed by atoms with Gasteiger partial charge in [0.15, 0.2) is 0 Å². The molecule has 7 heteroatoms. The lowest BCUT2D eigenvalue weighted by Gasteiger charge is -2.29. The fourth-order valence-electron chi connectivity index (χ4n) is 1.89. The van der Waals surface area contributed by atoms with Gasteiger partial charge in [-0.15, -0.1) is 0 Å². The minimum atomic E-state index is -0.554. The van der Waals surface area contributed by atoms with Gasteiger partial charge in [0.05, 0.1) is 13.1 Å². The van der Waals surface area contributed by atoms with Crippen LogP contribution in [0, 0.1) is 0 Å². The highest BCUT2D eigenvalue weighted by Gasteiger charge is 2.22. The zero-order valence-corrected chi connectivity index (χ0v) is 11.1. The highest BCUT2D eigenvalue weighted by atomic mass is 35.5. The second kappa shape index (κ2) is 7.08. The minimum Gasteiger partial charge on any atom is -0.369 e. The van der Waals surface area contributed by atoms with Crippen LogP contribution in [0.4, 0.5) is 0 Å². The first-order valence-corrected chi connectivity index (χ1v) is 6.08. The molecule has 0 saturated heterocycles. The Morgan fingerprint density at radius 3 is 2.21 bits per heavy atom. The van der Waals surface area contributed by atoms with Gasteiger partial charge in [0.25, 0.3) is 0 Å². The van der Waals surface area contributed by atoms with Gasteiger partial charge in [0.2, 0.25) is 11.8 Å². The third-order valence-electron chi connectivity index (χ3n) is 2.62. The number of halogens is 1. The molecule has 2 amide bonds. The van der Waals surface area contributed by atoms with Gasteiger partial charge in [-0.3, -0.25) is 14.5 Å². The third kappa shape index (κ3) is 4.86. The lowest BCUT2D eigenvalue weighted by molar-refractivity contribution is -0.122. The van der Waals surface area contributed by atoms with Crippen LogP contribution in [0.1, 0.15) is 11.6 Å². The van der Waals surface area contributed by atoms with Crippen LogP contribution < -0.4 is 17.2 Å². The molecule has 1 aromatic rings. The van der Waals surface area contributed by atoms with E-state index >= 15 is 0 Å².